The fourth-order valence-electron chi connectivity index (χ4n) is 3.59. The van der Waals surface area contributed by atoms with Crippen LogP contribution in [0, 0.1) is 12.8 Å². The number of likely N-dealkylation sites (tertiary alicyclic amines) is 1. The van der Waals surface area contributed by atoms with E-state index in [9.17, 15) is 9.59 Å². The van der Waals surface area contributed by atoms with E-state index in [1.807, 2.05) is 25.1 Å². The molecule has 6 nitrogen and oxygen atoms in total. The molecule has 1 aromatic carbocycles. The number of amides is 2. The maximum Gasteiger partial charge on any atom is 0.289 e. The van der Waals surface area contributed by atoms with Crippen LogP contribution in [-0.4, -0.2) is 34.8 Å². The Morgan fingerprint density at radius 3 is 2.90 bits per heavy atom. The molecule has 0 spiro atoms. The first-order valence-corrected chi connectivity index (χ1v) is 10.5. The van der Waals surface area contributed by atoms with Crippen molar-refractivity contribution in [1.82, 2.24) is 9.88 Å². The highest BCUT2D eigenvalue weighted by Gasteiger charge is 2.31. The number of anilines is 1. The molecule has 1 unspecified atom stereocenters. The summed E-state index contributed by atoms with van der Waals surface area (Å²) in [5, 5.41) is 4.21. The van der Waals surface area contributed by atoms with Gasteiger partial charge in [-0.25, -0.2) is 4.98 Å². The number of carbonyl (C=O) groups is 2. The SMILES string of the molecule is Cc1c(C(=O)N2CCCC(C(=O)Nc3ccc(Cl)cn3)C2)oc2ccc(Br)cc12. The topological polar surface area (TPSA) is 75.4 Å². The molecule has 0 radical (unpaired) electrons. The minimum absolute atomic E-state index is 0.150. The number of pyridine rings is 1. The van der Waals surface area contributed by atoms with Gasteiger partial charge in [-0.1, -0.05) is 27.5 Å². The summed E-state index contributed by atoms with van der Waals surface area (Å²) in [6, 6.07) is 8.99. The van der Waals surface area contributed by atoms with E-state index in [1.165, 1.54) is 6.20 Å². The van der Waals surface area contributed by atoms with Crippen molar-refractivity contribution in [2.75, 3.05) is 18.4 Å². The van der Waals surface area contributed by atoms with Gasteiger partial charge in [0.2, 0.25) is 5.91 Å². The summed E-state index contributed by atoms with van der Waals surface area (Å²) >= 11 is 9.28. The summed E-state index contributed by atoms with van der Waals surface area (Å²) in [6.07, 6.45) is 2.95. The summed E-state index contributed by atoms with van der Waals surface area (Å²) in [4.78, 5) is 31.5. The number of hydrogen-bond acceptors (Lipinski definition) is 4. The Labute approximate surface area is 181 Å². The number of nitrogens with zero attached hydrogens (tertiary/aromatic N) is 2. The van der Waals surface area contributed by atoms with Crippen LogP contribution in [-0.2, 0) is 4.79 Å². The van der Waals surface area contributed by atoms with E-state index in [2.05, 4.69) is 26.2 Å². The summed E-state index contributed by atoms with van der Waals surface area (Å²) in [5.74, 6) is 0.142. The third-order valence-electron chi connectivity index (χ3n) is 5.15. The first-order chi connectivity index (χ1) is 13.9. The van der Waals surface area contributed by atoms with Gasteiger partial charge in [0, 0.05) is 34.7 Å². The van der Waals surface area contributed by atoms with Crippen molar-refractivity contribution in [1.29, 1.82) is 0 Å². The van der Waals surface area contributed by atoms with E-state index in [0.29, 0.717) is 35.3 Å². The number of piperidine rings is 1. The van der Waals surface area contributed by atoms with E-state index in [-0.39, 0.29) is 17.7 Å². The normalized spacial score (nSPS) is 16.8. The van der Waals surface area contributed by atoms with Crippen molar-refractivity contribution in [3.05, 3.63) is 57.3 Å². The Morgan fingerprint density at radius 1 is 1.31 bits per heavy atom. The lowest BCUT2D eigenvalue weighted by molar-refractivity contribution is -0.121. The predicted molar refractivity (Wildman–Crippen MR) is 115 cm³/mol. The highest BCUT2D eigenvalue weighted by molar-refractivity contribution is 9.10. The standard InChI is InChI=1S/C21H19BrClN3O3/c1-12-16-9-14(22)4-6-17(16)29-19(12)21(28)26-8-2-3-13(11-26)20(27)25-18-7-5-15(23)10-24-18/h4-7,9-10,13H,2-3,8,11H2,1H3,(H,24,25,27). The number of fused-ring (bicyclic) bond motifs is 1. The second-order valence-corrected chi connectivity index (χ2v) is 8.49. The van der Waals surface area contributed by atoms with Crippen LogP contribution >= 0.6 is 27.5 Å². The molecule has 1 saturated heterocycles. The van der Waals surface area contributed by atoms with Crippen LogP contribution in [0.5, 0.6) is 0 Å². The summed E-state index contributed by atoms with van der Waals surface area (Å²) in [7, 11) is 0. The molecular formula is C21H19BrClN3O3. The summed E-state index contributed by atoms with van der Waals surface area (Å²) in [6.45, 7) is 2.83. The van der Waals surface area contributed by atoms with Crippen molar-refractivity contribution in [2.24, 2.45) is 5.92 Å². The summed E-state index contributed by atoms with van der Waals surface area (Å²) in [5.41, 5.74) is 1.48. The zero-order valence-corrected chi connectivity index (χ0v) is 18.1. The molecule has 150 valence electrons. The van der Waals surface area contributed by atoms with Crippen LogP contribution in [0.2, 0.25) is 5.02 Å². The molecule has 1 N–H and O–H groups in total. The molecule has 4 rings (SSSR count). The number of aromatic nitrogens is 1. The first-order valence-electron chi connectivity index (χ1n) is 9.32. The number of halogens is 2. The van der Waals surface area contributed by atoms with E-state index in [4.69, 9.17) is 16.0 Å². The van der Waals surface area contributed by atoms with E-state index < -0.39 is 0 Å². The van der Waals surface area contributed by atoms with Crippen LogP contribution in [0.4, 0.5) is 5.82 Å². The van der Waals surface area contributed by atoms with Crippen LogP contribution in [0.3, 0.4) is 0 Å². The maximum absolute atomic E-state index is 13.1. The zero-order chi connectivity index (χ0) is 20.5. The summed E-state index contributed by atoms with van der Waals surface area (Å²) < 4.78 is 6.77. The number of rotatable bonds is 3. The number of hydrogen-bond donors (Lipinski definition) is 1. The van der Waals surface area contributed by atoms with Gasteiger partial charge in [0.05, 0.1) is 10.9 Å². The van der Waals surface area contributed by atoms with Gasteiger partial charge in [0.1, 0.15) is 11.4 Å². The molecule has 2 amide bonds. The molecule has 0 bridgehead atoms. The molecule has 1 fully saturated rings. The van der Waals surface area contributed by atoms with Crippen molar-refractivity contribution >= 4 is 56.1 Å². The lowest BCUT2D eigenvalue weighted by Crippen LogP contribution is -2.43. The van der Waals surface area contributed by atoms with Crippen molar-refractivity contribution in [3.8, 4) is 0 Å². The van der Waals surface area contributed by atoms with Crippen LogP contribution < -0.4 is 5.32 Å². The molecule has 1 atom stereocenters. The number of nitrogens with one attached hydrogen (secondary N) is 1. The second-order valence-electron chi connectivity index (χ2n) is 7.14. The Bertz CT molecular complexity index is 1080. The van der Waals surface area contributed by atoms with E-state index in [0.717, 1.165) is 28.3 Å². The molecule has 2 aromatic heterocycles. The molecule has 1 aliphatic heterocycles. The Morgan fingerprint density at radius 2 is 2.14 bits per heavy atom. The van der Waals surface area contributed by atoms with Gasteiger partial charge >= 0.3 is 0 Å². The minimum Gasteiger partial charge on any atom is -0.451 e. The first kappa shape index (κ1) is 19.9. The third-order valence-corrected chi connectivity index (χ3v) is 5.87. The lowest BCUT2D eigenvalue weighted by Gasteiger charge is -2.31. The van der Waals surface area contributed by atoms with Crippen LogP contribution in [0.1, 0.15) is 29.0 Å². The van der Waals surface area contributed by atoms with Gasteiger partial charge in [-0.2, -0.15) is 0 Å². The highest BCUT2D eigenvalue weighted by Crippen LogP contribution is 2.30. The molecule has 1 aliphatic rings. The Kier molecular flexibility index (Phi) is 5.61. The van der Waals surface area contributed by atoms with E-state index in [1.54, 1.807) is 17.0 Å². The quantitative estimate of drug-likeness (QED) is 0.574. The lowest BCUT2D eigenvalue weighted by atomic mass is 9.96. The van der Waals surface area contributed by atoms with Crippen molar-refractivity contribution < 1.29 is 14.0 Å². The molecule has 29 heavy (non-hydrogen) atoms. The van der Waals surface area contributed by atoms with E-state index >= 15 is 0 Å². The van der Waals surface area contributed by atoms with Gasteiger partial charge in [0.25, 0.3) is 5.91 Å². The average molecular weight is 477 g/mol. The minimum atomic E-state index is -0.302. The van der Waals surface area contributed by atoms with Crippen molar-refractivity contribution in [3.63, 3.8) is 0 Å². The molecular weight excluding hydrogens is 458 g/mol. The predicted octanol–water partition coefficient (Wildman–Crippen LogP) is 5.04. The Balaban J connectivity index is 1.49. The van der Waals surface area contributed by atoms with Crippen LogP contribution in [0.25, 0.3) is 11.0 Å². The molecule has 3 heterocycles. The van der Waals surface area contributed by atoms with Gasteiger partial charge in [-0.05, 0) is 50.1 Å². The van der Waals surface area contributed by atoms with Gasteiger partial charge in [-0.3, -0.25) is 9.59 Å². The second kappa shape index (κ2) is 8.16. The van der Waals surface area contributed by atoms with Crippen molar-refractivity contribution in [2.45, 2.75) is 19.8 Å². The van der Waals surface area contributed by atoms with Gasteiger partial charge in [0.15, 0.2) is 5.76 Å². The molecule has 8 heteroatoms. The number of benzene rings is 1. The maximum atomic E-state index is 13.1. The number of furan rings is 1. The number of carbonyl (C=O) groups excluding carboxylic acids is 2. The third kappa shape index (κ3) is 4.16. The molecule has 3 aromatic rings. The zero-order valence-electron chi connectivity index (χ0n) is 15.7. The molecule has 0 aliphatic carbocycles. The fraction of sp³-hybridized carbons (Fsp3) is 0.286. The monoisotopic (exact) mass is 475 g/mol. The average Bonchev–Trinajstić information content (AvgIpc) is 3.05. The smallest absolute Gasteiger partial charge is 0.289 e. The van der Waals surface area contributed by atoms with Crippen LogP contribution in [0.15, 0.2) is 45.4 Å². The highest BCUT2D eigenvalue weighted by atomic mass is 79.9. The fourth-order valence-corrected chi connectivity index (χ4v) is 4.07. The largest absolute Gasteiger partial charge is 0.451 e. The number of aryl methyl sites for hydroxylation is 1. The Hall–Kier alpha value is -2.38. The van der Waals surface area contributed by atoms with Gasteiger partial charge < -0.3 is 14.6 Å². The van der Waals surface area contributed by atoms with Gasteiger partial charge in [-0.15, -0.1) is 0 Å². The molecule has 0 saturated carbocycles.